The molecule has 2 fully saturated rings. The van der Waals surface area contributed by atoms with E-state index >= 15 is 0 Å². The van der Waals surface area contributed by atoms with E-state index in [1.165, 1.54) is 16.4 Å². The van der Waals surface area contributed by atoms with E-state index in [4.69, 9.17) is 11.6 Å². The molecule has 0 aromatic heterocycles. The molecule has 200 valence electrons. The first kappa shape index (κ1) is 27.3. The van der Waals surface area contributed by atoms with Crippen molar-refractivity contribution < 1.29 is 17.6 Å². The van der Waals surface area contributed by atoms with Crippen molar-refractivity contribution >= 4 is 43.5 Å². The van der Waals surface area contributed by atoms with Crippen molar-refractivity contribution in [2.75, 3.05) is 32.7 Å². The first-order valence-electron chi connectivity index (χ1n) is 12.6. The van der Waals surface area contributed by atoms with Crippen LogP contribution in [0.3, 0.4) is 0 Å². The maximum absolute atomic E-state index is 14.9. The standard InChI is InChI=1S/C28H28BrClFN3O3S/c29-22-9-10-23(24(30)18-22)26-7-4-12-34(26)28(35)21-8-11-25(31)27(17-21)38(36,37)33-15-13-32(14-16-33)19-20-5-2-1-3-6-20/h1-3,5-6,8-11,17-18,26H,4,7,12-16,19H2. The van der Waals surface area contributed by atoms with Gasteiger partial charge >= 0.3 is 0 Å². The number of carbonyl (C=O) groups excluding carboxylic acids is 1. The fourth-order valence-corrected chi connectivity index (χ4v) is 7.53. The number of halogens is 3. The Kier molecular flexibility index (Phi) is 8.21. The molecule has 0 bridgehead atoms. The van der Waals surface area contributed by atoms with Crippen LogP contribution in [0.5, 0.6) is 0 Å². The van der Waals surface area contributed by atoms with Crippen molar-refractivity contribution in [2.45, 2.75) is 30.3 Å². The maximum atomic E-state index is 14.9. The zero-order valence-corrected chi connectivity index (χ0v) is 23.9. The number of likely N-dealkylation sites (tertiary alicyclic amines) is 1. The van der Waals surface area contributed by atoms with Gasteiger partial charge in [-0.1, -0.05) is 63.9 Å². The van der Waals surface area contributed by atoms with Crippen LogP contribution in [0, 0.1) is 5.82 Å². The van der Waals surface area contributed by atoms with Gasteiger partial charge in [-0.05, 0) is 54.3 Å². The van der Waals surface area contributed by atoms with E-state index in [-0.39, 0.29) is 30.6 Å². The van der Waals surface area contributed by atoms with Crippen molar-refractivity contribution in [1.82, 2.24) is 14.1 Å². The van der Waals surface area contributed by atoms with Gasteiger partial charge in [0.15, 0.2) is 0 Å². The van der Waals surface area contributed by atoms with Crippen molar-refractivity contribution in [3.8, 4) is 0 Å². The van der Waals surface area contributed by atoms with Crippen LogP contribution in [-0.2, 0) is 16.6 Å². The smallest absolute Gasteiger partial charge is 0.254 e. The molecule has 1 amide bonds. The molecule has 0 radical (unpaired) electrons. The number of piperazine rings is 1. The van der Waals surface area contributed by atoms with Gasteiger partial charge in [-0.2, -0.15) is 4.31 Å². The second-order valence-corrected chi connectivity index (χ2v) is 12.9. The first-order valence-corrected chi connectivity index (χ1v) is 15.2. The number of amides is 1. The predicted octanol–water partition coefficient (Wildman–Crippen LogP) is 5.73. The van der Waals surface area contributed by atoms with Gasteiger partial charge in [0.2, 0.25) is 10.0 Å². The molecule has 0 saturated carbocycles. The van der Waals surface area contributed by atoms with E-state index in [0.29, 0.717) is 24.7 Å². The van der Waals surface area contributed by atoms with Crippen LogP contribution in [0.25, 0.3) is 0 Å². The van der Waals surface area contributed by atoms with Gasteiger partial charge in [0.25, 0.3) is 5.91 Å². The first-order chi connectivity index (χ1) is 18.2. The Morgan fingerprint density at radius 1 is 0.974 bits per heavy atom. The Morgan fingerprint density at radius 3 is 2.42 bits per heavy atom. The molecule has 0 spiro atoms. The normalized spacial score (nSPS) is 19.1. The Hall–Kier alpha value is -2.30. The van der Waals surface area contributed by atoms with Crippen LogP contribution in [0.1, 0.15) is 40.4 Å². The topological polar surface area (TPSA) is 60.9 Å². The number of carbonyl (C=O) groups is 1. The number of hydrogen-bond donors (Lipinski definition) is 0. The highest BCUT2D eigenvalue weighted by atomic mass is 79.9. The monoisotopic (exact) mass is 619 g/mol. The Bertz CT molecular complexity index is 1430. The second-order valence-electron chi connectivity index (χ2n) is 9.63. The van der Waals surface area contributed by atoms with Gasteiger partial charge in [0, 0.05) is 54.3 Å². The predicted molar refractivity (Wildman–Crippen MR) is 149 cm³/mol. The number of nitrogens with zero attached hydrogens (tertiary/aromatic N) is 3. The van der Waals surface area contributed by atoms with Crippen LogP contribution in [0.2, 0.25) is 5.02 Å². The fourth-order valence-electron chi connectivity index (χ4n) is 5.21. The average Bonchev–Trinajstić information content (AvgIpc) is 3.39. The van der Waals surface area contributed by atoms with Crippen LogP contribution in [0.4, 0.5) is 4.39 Å². The average molecular weight is 621 g/mol. The molecule has 3 aromatic carbocycles. The summed E-state index contributed by atoms with van der Waals surface area (Å²) in [5.41, 5.74) is 2.14. The third-order valence-corrected chi connectivity index (χ3v) is 9.95. The van der Waals surface area contributed by atoms with Gasteiger partial charge < -0.3 is 4.90 Å². The molecular weight excluding hydrogens is 593 g/mol. The van der Waals surface area contributed by atoms with Crippen molar-refractivity contribution in [3.05, 3.63) is 98.7 Å². The van der Waals surface area contributed by atoms with E-state index < -0.39 is 20.7 Å². The molecule has 2 aliphatic rings. The fraction of sp³-hybridized carbons (Fsp3) is 0.321. The van der Waals surface area contributed by atoms with E-state index in [9.17, 15) is 17.6 Å². The van der Waals surface area contributed by atoms with Crippen LogP contribution in [0.15, 0.2) is 76.1 Å². The largest absolute Gasteiger partial charge is 0.332 e. The highest BCUT2D eigenvalue weighted by Gasteiger charge is 2.35. The quantitative estimate of drug-likeness (QED) is 0.354. The van der Waals surface area contributed by atoms with Crippen LogP contribution >= 0.6 is 27.5 Å². The lowest BCUT2D eigenvalue weighted by Gasteiger charge is -2.34. The number of rotatable bonds is 6. The van der Waals surface area contributed by atoms with Gasteiger partial charge in [-0.3, -0.25) is 9.69 Å². The minimum atomic E-state index is -4.11. The summed E-state index contributed by atoms with van der Waals surface area (Å²) >= 11 is 9.87. The van der Waals surface area contributed by atoms with Gasteiger partial charge in [0.05, 0.1) is 6.04 Å². The molecule has 2 heterocycles. The number of sulfonamides is 1. The molecule has 5 rings (SSSR count). The molecule has 6 nitrogen and oxygen atoms in total. The van der Waals surface area contributed by atoms with E-state index in [0.717, 1.165) is 41.1 Å². The second kappa shape index (κ2) is 11.4. The molecule has 10 heteroatoms. The molecule has 1 atom stereocenters. The van der Waals surface area contributed by atoms with Gasteiger partial charge in [-0.25, -0.2) is 12.8 Å². The molecule has 2 saturated heterocycles. The number of hydrogen-bond acceptors (Lipinski definition) is 4. The summed E-state index contributed by atoms with van der Waals surface area (Å²) in [5, 5.41) is 0.554. The van der Waals surface area contributed by atoms with E-state index in [2.05, 4.69) is 20.8 Å². The van der Waals surface area contributed by atoms with E-state index in [1.807, 2.05) is 42.5 Å². The third-order valence-electron chi connectivity index (χ3n) is 7.21. The maximum Gasteiger partial charge on any atom is 0.254 e. The molecule has 2 aliphatic heterocycles. The zero-order chi connectivity index (χ0) is 26.9. The Balaban J connectivity index is 1.33. The summed E-state index contributed by atoms with van der Waals surface area (Å²) in [6.07, 6.45) is 1.54. The molecule has 0 aliphatic carbocycles. The summed E-state index contributed by atoms with van der Waals surface area (Å²) in [5.74, 6) is -1.20. The summed E-state index contributed by atoms with van der Waals surface area (Å²) in [7, 11) is -4.11. The number of benzene rings is 3. The van der Waals surface area contributed by atoms with Gasteiger partial charge in [0.1, 0.15) is 10.7 Å². The van der Waals surface area contributed by atoms with Crippen LogP contribution in [-0.4, -0.2) is 61.2 Å². The van der Waals surface area contributed by atoms with Crippen molar-refractivity contribution in [1.29, 1.82) is 0 Å². The summed E-state index contributed by atoms with van der Waals surface area (Å²) in [6, 6.07) is 18.9. The van der Waals surface area contributed by atoms with Gasteiger partial charge in [-0.15, -0.1) is 0 Å². The third kappa shape index (κ3) is 5.67. The lowest BCUT2D eigenvalue weighted by atomic mass is 10.0. The molecule has 3 aromatic rings. The minimum Gasteiger partial charge on any atom is -0.332 e. The lowest BCUT2D eigenvalue weighted by molar-refractivity contribution is 0.0735. The molecule has 38 heavy (non-hydrogen) atoms. The highest BCUT2D eigenvalue weighted by molar-refractivity contribution is 9.10. The minimum absolute atomic E-state index is 0.146. The zero-order valence-electron chi connectivity index (χ0n) is 20.7. The Morgan fingerprint density at radius 2 is 1.71 bits per heavy atom. The molecule has 0 N–H and O–H groups in total. The van der Waals surface area contributed by atoms with Crippen molar-refractivity contribution in [3.63, 3.8) is 0 Å². The van der Waals surface area contributed by atoms with Crippen molar-refractivity contribution in [2.24, 2.45) is 0 Å². The Labute approximate surface area is 236 Å². The summed E-state index contributed by atoms with van der Waals surface area (Å²) in [6.45, 7) is 2.83. The van der Waals surface area contributed by atoms with E-state index in [1.54, 1.807) is 11.0 Å². The summed E-state index contributed by atoms with van der Waals surface area (Å²) in [4.78, 5) is 16.9. The highest BCUT2D eigenvalue weighted by Crippen LogP contribution is 2.38. The SMILES string of the molecule is O=C(c1ccc(F)c(S(=O)(=O)N2CCN(Cc3ccccc3)CC2)c1)N1CCCC1c1ccc(Br)cc1Cl. The molecule has 1 unspecified atom stereocenters. The summed E-state index contributed by atoms with van der Waals surface area (Å²) < 4.78 is 43.9. The van der Waals surface area contributed by atoms with Crippen LogP contribution < -0.4 is 0 Å². The lowest BCUT2D eigenvalue weighted by Crippen LogP contribution is -2.48. The molecular formula is C28H28BrClFN3O3S.